The number of piperazine rings is 1. The lowest BCUT2D eigenvalue weighted by Gasteiger charge is -2.35. The maximum atomic E-state index is 14.2. The molecule has 3 heterocycles. The molecule has 0 bridgehead atoms. The zero-order valence-corrected chi connectivity index (χ0v) is 25.0. The highest BCUT2D eigenvalue weighted by atomic mass is 35.5. The molecule has 0 aliphatic carbocycles. The number of hydrogen-bond donors (Lipinski definition) is 0. The Kier molecular flexibility index (Phi) is 8.41. The van der Waals surface area contributed by atoms with Crippen LogP contribution in [-0.4, -0.2) is 63.8 Å². The van der Waals surface area contributed by atoms with E-state index >= 15 is 0 Å². The number of hydrogen-bond acceptors (Lipinski definition) is 8. The van der Waals surface area contributed by atoms with Gasteiger partial charge in [0.25, 0.3) is 5.91 Å². The quantitative estimate of drug-likeness (QED) is 0.185. The number of thiazole rings is 1. The van der Waals surface area contributed by atoms with Crippen LogP contribution in [0.15, 0.2) is 83.3 Å². The lowest BCUT2D eigenvalue weighted by atomic mass is 10.2. The van der Waals surface area contributed by atoms with Crippen LogP contribution >= 0.6 is 34.7 Å². The smallest absolute Gasteiger partial charge is 0.273 e. The molecule has 0 spiro atoms. The number of nitrogens with zero attached hydrogens (tertiary/aromatic N) is 6. The number of aromatic nitrogens is 4. The Labute approximate surface area is 255 Å². The fraction of sp³-hybridized carbons (Fsp3) is 0.200. The molecule has 0 unspecified atom stereocenters. The van der Waals surface area contributed by atoms with Gasteiger partial charge >= 0.3 is 0 Å². The van der Waals surface area contributed by atoms with Crippen LogP contribution in [0.4, 0.5) is 10.1 Å². The van der Waals surface area contributed by atoms with E-state index < -0.39 is 0 Å². The van der Waals surface area contributed by atoms with Crippen molar-refractivity contribution in [3.05, 3.63) is 99.7 Å². The van der Waals surface area contributed by atoms with Crippen molar-refractivity contribution in [2.24, 2.45) is 0 Å². The Morgan fingerprint density at radius 2 is 1.69 bits per heavy atom. The van der Waals surface area contributed by atoms with Crippen LogP contribution in [0.3, 0.4) is 0 Å². The minimum atomic E-state index is -0.251. The molecule has 0 atom stereocenters. The van der Waals surface area contributed by atoms with Gasteiger partial charge < -0.3 is 14.5 Å². The molecular weight excluding hydrogens is 595 g/mol. The van der Waals surface area contributed by atoms with Gasteiger partial charge in [0.15, 0.2) is 11.0 Å². The van der Waals surface area contributed by atoms with Crippen molar-refractivity contribution in [2.75, 3.05) is 38.2 Å². The summed E-state index contributed by atoms with van der Waals surface area (Å²) in [5, 5.41) is 12.8. The zero-order chi connectivity index (χ0) is 29.1. The zero-order valence-electron chi connectivity index (χ0n) is 22.6. The minimum Gasteiger partial charge on any atom is -0.495 e. The minimum absolute atomic E-state index is 0.117. The Morgan fingerprint density at radius 3 is 2.45 bits per heavy atom. The third-order valence-electron chi connectivity index (χ3n) is 6.93. The average Bonchev–Trinajstić information content (AvgIpc) is 3.68. The van der Waals surface area contributed by atoms with Gasteiger partial charge in [-0.05, 0) is 36.4 Å². The molecule has 8 nitrogen and oxygen atoms in total. The molecule has 0 radical (unpaired) electrons. The number of carbonyl (C=O) groups is 1. The number of rotatable bonds is 8. The largest absolute Gasteiger partial charge is 0.495 e. The van der Waals surface area contributed by atoms with Crippen molar-refractivity contribution in [2.45, 2.75) is 10.9 Å². The highest BCUT2D eigenvalue weighted by molar-refractivity contribution is 7.98. The molecule has 1 aliphatic heterocycles. The molecule has 2 aromatic heterocycles. The van der Waals surface area contributed by atoms with Gasteiger partial charge in [-0.3, -0.25) is 9.36 Å². The van der Waals surface area contributed by atoms with Crippen LogP contribution in [0.1, 0.15) is 15.5 Å². The summed E-state index contributed by atoms with van der Waals surface area (Å²) in [6, 6.07) is 21.9. The molecule has 1 fully saturated rings. The normalized spacial score (nSPS) is 13.4. The molecular formula is C30H26ClFN6O2S2. The van der Waals surface area contributed by atoms with Crippen LogP contribution in [0.25, 0.3) is 17.1 Å². The second-order valence-electron chi connectivity index (χ2n) is 9.44. The summed E-state index contributed by atoms with van der Waals surface area (Å²) in [5.41, 5.74) is 2.52. The lowest BCUT2D eigenvalue weighted by molar-refractivity contribution is 0.0741. The highest BCUT2D eigenvalue weighted by Crippen LogP contribution is 2.36. The van der Waals surface area contributed by atoms with Gasteiger partial charge in [-0.15, -0.1) is 21.5 Å². The molecule has 1 saturated heterocycles. The van der Waals surface area contributed by atoms with Gasteiger partial charge in [0.2, 0.25) is 0 Å². The summed E-state index contributed by atoms with van der Waals surface area (Å²) in [4.78, 5) is 21.6. The van der Waals surface area contributed by atoms with Crippen LogP contribution in [0.5, 0.6) is 5.75 Å². The summed E-state index contributed by atoms with van der Waals surface area (Å²) in [6.45, 7) is 2.13. The molecule has 214 valence electrons. The van der Waals surface area contributed by atoms with Crippen LogP contribution in [0, 0.1) is 5.82 Å². The van der Waals surface area contributed by atoms with Gasteiger partial charge in [-0.25, -0.2) is 9.37 Å². The van der Waals surface area contributed by atoms with Gasteiger partial charge in [0, 0.05) is 37.1 Å². The van der Waals surface area contributed by atoms with Crippen LogP contribution in [0.2, 0.25) is 5.02 Å². The molecule has 42 heavy (non-hydrogen) atoms. The number of thioether (sulfide) groups is 1. The number of benzene rings is 3. The molecule has 1 amide bonds. The number of anilines is 1. The maximum Gasteiger partial charge on any atom is 0.273 e. The fourth-order valence-electron chi connectivity index (χ4n) is 4.83. The van der Waals surface area contributed by atoms with E-state index in [2.05, 4.69) is 15.2 Å². The van der Waals surface area contributed by atoms with E-state index in [9.17, 15) is 9.18 Å². The molecule has 1 aliphatic rings. The van der Waals surface area contributed by atoms with Crippen LogP contribution in [-0.2, 0) is 5.75 Å². The summed E-state index contributed by atoms with van der Waals surface area (Å²) in [7, 11) is 1.62. The highest BCUT2D eigenvalue weighted by Gasteiger charge is 2.26. The number of carbonyl (C=O) groups excluding carboxylic acids is 1. The average molecular weight is 621 g/mol. The third kappa shape index (κ3) is 5.72. The standard InChI is InChI=1S/C30H26ClFN6O2S2/c1-40-26-13-7-6-12-25(26)38-28(20-8-2-3-9-21(20)31)34-35-30(38)42-19-27-33-23(18-41-27)29(39)37-16-14-36(15-17-37)24-11-5-4-10-22(24)32/h2-13,18H,14-17,19H2,1H3. The monoisotopic (exact) mass is 620 g/mol. The third-order valence-corrected chi connectivity index (χ3v) is 9.23. The fourth-order valence-corrected chi connectivity index (χ4v) is 6.79. The first kappa shape index (κ1) is 28.2. The molecule has 0 N–H and O–H groups in total. The van der Waals surface area contributed by atoms with Gasteiger partial charge in [-0.1, -0.05) is 59.8 Å². The topological polar surface area (TPSA) is 76.4 Å². The van der Waals surface area contributed by atoms with Crippen molar-refractivity contribution >= 4 is 46.3 Å². The second-order valence-corrected chi connectivity index (χ2v) is 11.7. The van der Waals surface area contributed by atoms with E-state index in [0.717, 1.165) is 16.3 Å². The first-order chi connectivity index (χ1) is 20.5. The first-order valence-electron chi connectivity index (χ1n) is 13.2. The molecule has 6 rings (SSSR count). The van der Waals surface area contributed by atoms with E-state index in [0.29, 0.717) is 65.1 Å². The molecule has 0 saturated carbocycles. The molecule has 12 heteroatoms. The molecule has 3 aromatic carbocycles. The van der Waals surface area contributed by atoms with Crippen molar-refractivity contribution in [3.8, 4) is 22.8 Å². The number of halogens is 2. The van der Waals surface area contributed by atoms with E-state index in [1.165, 1.54) is 29.2 Å². The van der Waals surface area contributed by atoms with E-state index in [1.54, 1.807) is 29.5 Å². The summed E-state index contributed by atoms with van der Waals surface area (Å²) < 4.78 is 21.8. The Bertz CT molecular complexity index is 1720. The Morgan fingerprint density at radius 1 is 0.976 bits per heavy atom. The number of para-hydroxylation sites is 3. The number of methoxy groups -OCH3 is 1. The van der Waals surface area contributed by atoms with Gasteiger partial charge in [0.05, 0.1) is 29.3 Å². The SMILES string of the molecule is COc1ccccc1-n1c(SCc2nc(C(=O)N3CCN(c4ccccc4F)CC3)cs2)nnc1-c1ccccc1Cl. The summed E-state index contributed by atoms with van der Waals surface area (Å²) >= 11 is 9.43. The van der Waals surface area contributed by atoms with Crippen molar-refractivity contribution in [1.29, 1.82) is 0 Å². The second kappa shape index (κ2) is 12.5. The Balaban J connectivity index is 1.18. The van der Waals surface area contributed by atoms with Crippen molar-refractivity contribution in [1.82, 2.24) is 24.6 Å². The Hall–Kier alpha value is -3.93. The van der Waals surface area contributed by atoms with E-state index in [4.69, 9.17) is 16.3 Å². The first-order valence-corrected chi connectivity index (χ1v) is 15.5. The van der Waals surface area contributed by atoms with Gasteiger partial charge in [0.1, 0.15) is 22.3 Å². The van der Waals surface area contributed by atoms with Gasteiger partial charge in [-0.2, -0.15) is 0 Å². The summed E-state index contributed by atoms with van der Waals surface area (Å²) in [6.07, 6.45) is 0. The van der Waals surface area contributed by atoms with Crippen molar-refractivity contribution < 1.29 is 13.9 Å². The summed E-state index contributed by atoms with van der Waals surface area (Å²) in [5.74, 6) is 1.39. The molecule has 5 aromatic rings. The van der Waals surface area contributed by atoms with E-state index in [-0.39, 0.29) is 11.7 Å². The maximum absolute atomic E-state index is 14.2. The number of ether oxygens (including phenoxy) is 1. The predicted octanol–water partition coefficient (Wildman–Crippen LogP) is 6.45. The number of amides is 1. The predicted molar refractivity (Wildman–Crippen MR) is 165 cm³/mol. The van der Waals surface area contributed by atoms with E-state index in [1.807, 2.05) is 64.1 Å². The van der Waals surface area contributed by atoms with Crippen molar-refractivity contribution in [3.63, 3.8) is 0 Å². The van der Waals surface area contributed by atoms with Crippen LogP contribution < -0.4 is 9.64 Å². The lowest BCUT2D eigenvalue weighted by Crippen LogP contribution is -2.49.